The molecule has 4 aromatic rings. The van der Waals surface area contributed by atoms with E-state index in [0.717, 1.165) is 19.9 Å². The number of carbonyl (C=O) groups excluding carboxylic acids is 2. The Morgan fingerprint density at radius 1 is 0.857 bits per heavy atom. The van der Waals surface area contributed by atoms with E-state index in [1.54, 1.807) is 42.5 Å². The molecule has 0 aliphatic carbocycles. The number of rotatable bonds is 12. The molecule has 0 radical (unpaired) electrons. The molecule has 42 heavy (non-hydrogen) atoms. The highest BCUT2D eigenvalue weighted by Crippen LogP contribution is 2.26. The van der Waals surface area contributed by atoms with Gasteiger partial charge in [-0.2, -0.15) is 0 Å². The zero-order chi connectivity index (χ0) is 30.1. The van der Waals surface area contributed by atoms with Crippen molar-refractivity contribution in [2.24, 2.45) is 0 Å². The van der Waals surface area contributed by atoms with Gasteiger partial charge in [-0.1, -0.05) is 76.6 Å². The Morgan fingerprint density at radius 2 is 1.48 bits per heavy atom. The molecule has 0 aromatic heterocycles. The second-order valence-corrected chi connectivity index (χ2v) is 12.3. The third-order valence-corrected chi connectivity index (χ3v) is 9.01. The van der Waals surface area contributed by atoms with Crippen molar-refractivity contribution in [3.05, 3.63) is 125 Å². The summed E-state index contributed by atoms with van der Waals surface area (Å²) in [5, 5.41) is 2.68. The monoisotopic (exact) mass is 649 g/mol. The van der Waals surface area contributed by atoms with Crippen LogP contribution in [-0.2, 0) is 32.6 Å². The fourth-order valence-electron chi connectivity index (χ4n) is 4.55. The number of nitrogens with one attached hydrogen (secondary N) is 1. The van der Waals surface area contributed by atoms with Gasteiger partial charge in [0.05, 0.1) is 17.7 Å². The first-order valence-corrected chi connectivity index (χ1v) is 15.5. The number of amides is 2. The van der Waals surface area contributed by atoms with E-state index in [4.69, 9.17) is 4.74 Å². The van der Waals surface area contributed by atoms with E-state index < -0.39 is 28.5 Å². The van der Waals surface area contributed by atoms with Crippen molar-refractivity contribution in [3.8, 4) is 5.75 Å². The zero-order valence-corrected chi connectivity index (χ0v) is 25.7. The summed E-state index contributed by atoms with van der Waals surface area (Å²) < 4.78 is 35.0. The highest BCUT2D eigenvalue weighted by atomic mass is 79.9. The first kappa shape index (κ1) is 30.8. The van der Waals surface area contributed by atoms with E-state index in [1.165, 1.54) is 31.2 Å². The third kappa shape index (κ3) is 7.57. The van der Waals surface area contributed by atoms with Gasteiger partial charge in [-0.3, -0.25) is 13.9 Å². The highest BCUT2D eigenvalue weighted by Gasteiger charge is 2.34. The highest BCUT2D eigenvalue weighted by molar-refractivity contribution is 9.10. The standard InChI is InChI=1S/C32H32BrN3O5S/c1-34-32(38)30(21-24-10-5-3-6-11-24)35(22-25-12-9-13-26(33)20-25)31(37)23-36(27-14-7-4-8-15-27)42(39,40)29-18-16-28(41-2)17-19-29/h3-20,30H,21-23H2,1-2H3,(H,34,38)/t30-/m0/s1. The molecule has 0 aliphatic rings. The average molecular weight is 651 g/mol. The lowest BCUT2D eigenvalue weighted by atomic mass is 10.0. The van der Waals surface area contributed by atoms with Gasteiger partial charge in [0, 0.05) is 24.5 Å². The molecule has 10 heteroatoms. The summed E-state index contributed by atoms with van der Waals surface area (Å²) in [6.07, 6.45) is 0.247. The summed E-state index contributed by atoms with van der Waals surface area (Å²) in [5.41, 5.74) is 1.97. The number of para-hydroxylation sites is 1. The number of halogens is 1. The number of hydrogen-bond acceptors (Lipinski definition) is 5. The second-order valence-electron chi connectivity index (χ2n) is 9.49. The van der Waals surface area contributed by atoms with Crippen LogP contribution in [0.25, 0.3) is 0 Å². The molecule has 0 saturated heterocycles. The Balaban J connectivity index is 1.76. The largest absolute Gasteiger partial charge is 0.497 e. The average Bonchev–Trinajstić information content (AvgIpc) is 3.02. The molecule has 1 N–H and O–H groups in total. The fraction of sp³-hybridized carbons (Fsp3) is 0.188. The first-order chi connectivity index (χ1) is 20.2. The lowest BCUT2D eigenvalue weighted by molar-refractivity contribution is -0.139. The van der Waals surface area contributed by atoms with E-state index in [0.29, 0.717) is 11.4 Å². The SMILES string of the molecule is CNC(=O)[C@H](Cc1ccccc1)N(Cc1cccc(Br)c1)C(=O)CN(c1ccccc1)S(=O)(=O)c1ccc(OC)cc1. The lowest BCUT2D eigenvalue weighted by Crippen LogP contribution is -2.53. The van der Waals surface area contributed by atoms with Crippen molar-refractivity contribution in [2.45, 2.75) is 23.9 Å². The quantitative estimate of drug-likeness (QED) is 0.232. The minimum Gasteiger partial charge on any atom is -0.497 e. The molecule has 4 aromatic carbocycles. The van der Waals surface area contributed by atoms with Gasteiger partial charge >= 0.3 is 0 Å². The summed E-state index contributed by atoms with van der Waals surface area (Å²) in [5.74, 6) is -0.377. The van der Waals surface area contributed by atoms with Crippen LogP contribution in [0.1, 0.15) is 11.1 Å². The predicted octanol–water partition coefficient (Wildman–Crippen LogP) is 5.04. The van der Waals surface area contributed by atoms with Crippen LogP contribution < -0.4 is 14.4 Å². The van der Waals surface area contributed by atoms with Gasteiger partial charge in [0.1, 0.15) is 18.3 Å². The Bertz CT molecular complexity index is 1600. The van der Waals surface area contributed by atoms with Crippen molar-refractivity contribution in [1.82, 2.24) is 10.2 Å². The van der Waals surface area contributed by atoms with E-state index in [1.807, 2.05) is 54.6 Å². The number of likely N-dealkylation sites (N-methyl/N-ethyl adjacent to an activating group) is 1. The van der Waals surface area contributed by atoms with Gasteiger partial charge in [-0.15, -0.1) is 0 Å². The summed E-state index contributed by atoms with van der Waals surface area (Å²) in [7, 11) is -1.16. The summed E-state index contributed by atoms with van der Waals surface area (Å²) in [4.78, 5) is 29.0. The Labute approximate surface area is 255 Å². The van der Waals surface area contributed by atoms with Gasteiger partial charge in [-0.25, -0.2) is 8.42 Å². The predicted molar refractivity (Wildman–Crippen MR) is 167 cm³/mol. The van der Waals surface area contributed by atoms with E-state index in [9.17, 15) is 18.0 Å². The first-order valence-electron chi connectivity index (χ1n) is 13.2. The van der Waals surface area contributed by atoms with Crippen molar-refractivity contribution >= 4 is 43.5 Å². The molecular formula is C32H32BrN3O5S. The molecule has 0 spiro atoms. The number of benzene rings is 4. The Kier molecular flexibility index (Phi) is 10.4. The molecule has 0 fully saturated rings. The van der Waals surface area contributed by atoms with Crippen LogP contribution in [-0.4, -0.2) is 51.9 Å². The van der Waals surface area contributed by atoms with Crippen LogP contribution >= 0.6 is 15.9 Å². The molecule has 218 valence electrons. The molecule has 4 rings (SSSR count). The van der Waals surface area contributed by atoms with Gasteiger partial charge < -0.3 is 15.0 Å². The number of methoxy groups -OCH3 is 1. The van der Waals surface area contributed by atoms with Gasteiger partial charge in [0.25, 0.3) is 10.0 Å². The third-order valence-electron chi connectivity index (χ3n) is 6.73. The Hall–Kier alpha value is -4.15. The molecule has 0 aliphatic heterocycles. The van der Waals surface area contributed by atoms with Crippen LogP contribution in [0.5, 0.6) is 5.75 Å². The van der Waals surface area contributed by atoms with Gasteiger partial charge in [0.2, 0.25) is 11.8 Å². The van der Waals surface area contributed by atoms with Gasteiger partial charge in [-0.05, 0) is 59.7 Å². The van der Waals surface area contributed by atoms with E-state index in [-0.39, 0.29) is 23.8 Å². The smallest absolute Gasteiger partial charge is 0.264 e. The number of carbonyl (C=O) groups is 2. The number of sulfonamides is 1. The molecule has 8 nitrogen and oxygen atoms in total. The van der Waals surface area contributed by atoms with Crippen molar-refractivity contribution in [1.29, 1.82) is 0 Å². The minimum absolute atomic E-state index is 0.00521. The summed E-state index contributed by atoms with van der Waals surface area (Å²) in [6, 6.07) is 30.4. The van der Waals surface area contributed by atoms with Crippen molar-refractivity contribution < 1.29 is 22.7 Å². The van der Waals surface area contributed by atoms with Crippen LogP contribution in [0.15, 0.2) is 119 Å². The maximum absolute atomic E-state index is 14.3. The number of nitrogens with zero attached hydrogens (tertiary/aromatic N) is 2. The molecule has 0 heterocycles. The number of hydrogen-bond donors (Lipinski definition) is 1. The summed E-state index contributed by atoms with van der Waals surface area (Å²) >= 11 is 3.48. The van der Waals surface area contributed by atoms with Gasteiger partial charge in [0.15, 0.2) is 0 Å². The number of ether oxygens (including phenoxy) is 1. The lowest BCUT2D eigenvalue weighted by Gasteiger charge is -2.33. The molecule has 1 atom stereocenters. The Morgan fingerprint density at radius 3 is 2.07 bits per heavy atom. The topological polar surface area (TPSA) is 96.0 Å². The summed E-state index contributed by atoms with van der Waals surface area (Å²) in [6.45, 7) is -0.428. The van der Waals surface area contributed by atoms with Crippen LogP contribution in [0.4, 0.5) is 5.69 Å². The van der Waals surface area contributed by atoms with Crippen molar-refractivity contribution in [2.75, 3.05) is 25.0 Å². The molecule has 0 bridgehead atoms. The maximum Gasteiger partial charge on any atom is 0.264 e. The maximum atomic E-state index is 14.3. The van der Waals surface area contributed by atoms with Crippen molar-refractivity contribution in [3.63, 3.8) is 0 Å². The van der Waals surface area contributed by atoms with Crippen LogP contribution in [0.2, 0.25) is 0 Å². The molecular weight excluding hydrogens is 618 g/mol. The van der Waals surface area contributed by atoms with E-state index >= 15 is 0 Å². The second kappa shape index (κ2) is 14.2. The zero-order valence-electron chi connectivity index (χ0n) is 23.3. The molecule has 2 amide bonds. The van der Waals surface area contributed by atoms with Crippen LogP contribution in [0, 0.1) is 0 Å². The van der Waals surface area contributed by atoms with Crippen LogP contribution in [0.3, 0.4) is 0 Å². The fourth-order valence-corrected chi connectivity index (χ4v) is 6.41. The molecule has 0 saturated carbocycles. The van der Waals surface area contributed by atoms with E-state index in [2.05, 4.69) is 21.2 Å². The normalized spacial score (nSPS) is 11.8. The molecule has 0 unspecified atom stereocenters. The number of anilines is 1. The minimum atomic E-state index is -4.18.